The molecule has 0 spiro atoms. The third-order valence-corrected chi connectivity index (χ3v) is 8.72. The van der Waals surface area contributed by atoms with Crippen LogP contribution in [0.2, 0.25) is 0 Å². The van der Waals surface area contributed by atoms with E-state index in [1.54, 1.807) is 13.2 Å². The van der Waals surface area contributed by atoms with Crippen molar-refractivity contribution in [3.05, 3.63) is 161 Å². The van der Waals surface area contributed by atoms with Gasteiger partial charge in [0.2, 0.25) is 0 Å². The summed E-state index contributed by atoms with van der Waals surface area (Å²) in [6.07, 6.45) is -3.35. The van der Waals surface area contributed by atoms with Gasteiger partial charge in [-0.15, -0.1) is 0 Å². The number of hydrogen-bond donors (Lipinski definition) is 1. The van der Waals surface area contributed by atoms with Crippen LogP contribution in [0.5, 0.6) is 17.2 Å². The van der Waals surface area contributed by atoms with E-state index in [1.807, 2.05) is 121 Å². The van der Waals surface area contributed by atoms with Crippen LogP contribution in [0.25, 0.3) is 0 Å². The number of aromatic hydroxyl groups is 1. The molecule has 1 fully saturated rings. The molecule has 0 radical (unpaired) electrons. The van der Waals surface area contributed by atoms with E-state index in [2.05, 4.69) is 0 Å². The van der Waals surface area contributed by atoms with Gasteiger partial charge >= 0.3 is 0 Å². The van der Waals surface area contributed by atoms with Gasteiger partial charge in [-0.25, -0.2) is 0 Å². The third-order valence-electron chi connectivity index (χ3n) is 8.72. The van der Waals surface area contributed by atoms with E-state index in [4.69, 9.17) is 33.2 Å². The first-order chi connectivity index (χ1) is 24.6. The SMILES string of the molecule is COc1cc(O)c([C@@H]2O[C@H](COCc3ccccc3)[C@H](OCc3ccccc3)[C@H](OCc3ccccc3)[C@H]2OCc2ccccc2)cc1OC. The average molecular weight is 677 g/mol. The second-order valence-electron chi connectivity index (χ2n) is 12.1. The first kappa shape index (κ1) is 35.1. The number of methoxy groups -OCH3 is 2. The lowest BCUT2D eigenvalue weighted by Crippen LogP contribution is -2.58. The van der Waals surface area contributed by atoms with Crippen LogP contribution in [0.1, 0.15) is 33.9 Å². The maximum atomic E-state index is 11.4. The molecule has 5 aromatic carbocycles. The van der Waals surface area contributed by atoms with Gasteiger partial charge in [0.05, 0.1) is 47.3 Å². The van der Waals surface area contributed by atoms with Crippen LogP contribution in [0.3, 0.4) is 0 Å². The molecule has 0 saturated carbocycles. The molecule has 1 aliphatic heterocycles. The Hall–Kier alpha value is -4.70. The molecule has 0 amide bonds. The smallest absolute Gasteiger partial charge is 0.164 e. The van der Waals surface area contributed by atoms with Crippen molar-refractivity contribution in [3.63, 3.8) is 0 Å². The van der Waals surface area contributed by atoms with Crippen LogP contribution in [0, 0.1) is 0 Å². The molecule has 1 heterocycles. The van der Waals surface area contributed by atoms with Gasteiger partial charge in [0.1, 0.15) is 36.3 Å². The lowest BCUT2D eigenvalue weighted by molar-refractivity contribution is -0.275. The van der Waals surface area contributed by atoms with E-state index >= 15 is 0 Å². The van der Waals surface area contributed by atoms with Gasteiger partial charge in [-0.1, -0.05) is 121 Å². The molecule has 1 aliphatic rings. The maximum absolute atomic E-state index is 11.4. The minimum atomic E-state index is -0.791. The van der Waals surface area contributed by atoms with Gasteiger partial charge in [0.15, 0.2) is 11.5 Å². The second kappa shape index (κ2) is 17.8. The molecule has 0 aromatic heterocycles. The highest BCUT2D eigenvalue weighted by atomic mass is 16.6. The standard InChI is InChI=1S/C42H44O8/c1-44-36-23-34(35(43)24-37(36)45-2)39-41(48-27-32-19-11-5-12-20-32)42(49-28-33-21-13-6-14-22-33)40(47-26-31-17-9-4-10-18-31)38(50-39)29-46-25-30-15-7-3-8-16-30/h3-24,38-43H,25-29H2,1-2H3/t38-,39+,40+,41+,42+/m1/s1. The summed E-state index contributed by atoms with van der Waals surface area (Å²) in [7, 11) is 3.09. The van der Waals surface area contributed by atoms with Crippen molar-refractivity contribution in [2.45, 2.75) is 56.9 Å². The molecule has 8 heteroatoms. The van der Waals surface area contributed by atoms with E-state index in [9.17, 15) is 5.11 Å². The zero-order valence-electron chi connectivity index (χ0n) is 28.4. The molecule has 260 valence electrons. The Morgan fingerprint density at radius 3 is 1.42 bits per heavy atom. The number of phenolic OH excluding ortho intramolecular Hbond substituents is 1. The van der Waals surface area contributed by atoms with Gasteiger partial charge < -0.3 is 38.3 Å². The number of rotatable bonds is 16. The van der Waals surface area contributed by atoms with Crippen LogP contribution >= 0.6 is 0 Å². The summed E-state index contributed by atoms with van der Waals surface area (Å²) < 4.78 is 44.7. The van der Waals surface area contributed by atoms with E-state index in [-0.39, 0.29) is 19.0 Å². The molecule has 50 heavy (non-hydrogen) atoms. The van der Waals surface area contributed by atoms with E-state index in [0.29, 0.717) is 36.9 Å². The number of hydrogen-bond acceptors (Lipinski definition) is 8. The first-order valence-electron chi connectivity index (χ1n) is 16.8. The Morgan fingerprint density at radius 2 is 0.940 bits per heavy atom. The summed E-state index contributed by atoms with van der Waals surface area (Å²) in [4.78, 5) is 0. The predicted molar refractivity (Wildman–Crippen MR) is 190 cm³/mol. The molecule has 5 atom stereocenters. The van der Waals surface area contributed by atoms with E-state index < -0.39 is 30.5 Å². The minimum absolute atomic E-state index is 0.0182. The Kier molecular flexibility index (Phi) is 12.5. The van der Waals surface area contributed by atoms with Crippen LogP contribution in [-0.4, -0.2) is 50.3 Å². The van der Waals surface area contributed by atoms with Crippen LogP contribution in [0.15, 0.2) is 133 Å². The molecule has 6 rings (SSSR count). The van der Waals surface area contributed by atoms with Gasteiger partial charge in [0.25, 0.3) is 0 Å². The molecule has 8 nitrogen and oxygen atoms in total. The fraction of sp³-hybridized carbons (Fsp3) is 0.286. The third kappa shape index (κ3) is 9.09. The summed E-state index contributed by atoms with van der Waals surface area (Å²) >= 11 is 0. The lowest BCUT2D eigenvalue weighted by atomic mass is 9.89. The Balaban J connectivity index is 1.40. The molecular weight excluding hydrogens is 632 g/mol. The van der Waals surface area contributed by atoms with Crippen LogP contribution in [-0.2, 0) is 50.1 Å². The predicted octanol–water partition coefficient (Wildman–Crippen LogP) is 7.82. The van der Waals surface area contributed by atoms with Crippen molar-refractivity contribution in [2.75, 3.05) is 20.8 Å². The van der Waals surface area contributed by atoms with Gasteiger partial charge in [-0.05, 0) is 28.3 Å². The van der Waals surface area contributed by atoms with Crippen LogP contribution in [0.4, 0.5) is 0 Å². The maximum Gasteiger partial charge on any atom is 0.164 e. The summed E-state index contributed by atoms with van der Waals surface area (Å²) in [5.41, 5.74) is 4.52. The monoisotopic (exact) mass is 676 g/mol. The highest BCUT2D eigenvalue weighted by molar-refractivity contribution is 5.51. The molecular formula is C42H44O8. The topological polar surface area (TPSA) is 84.8 Å². The molecule has 5 aromatic rings. The largest absolute Gasteiger partial charge is 0.507 e. The Labute approximate surface area is 294 Å². The summed E-state index contributed by atoms with van der Waals surface area (Å²) in [6, 6.07) is 43.2. The number of benzene rings is 5. The highest BCUT2D eigenvalue weighted by Gasteiger charge is 2.49. The minimum Gasteiger partial charge on any atom is -0.507 e. The van der Waals surface area contributed by atoms with E-state index in [0.717, 1.165) is 22.3 Å². The van der Waals surface area contributed by atoms with Crippen molar-refractivity contribution in [1.82, 2.24) is 0 Å². The fourth-order valence-corrected chi connectivity index (χ4v) is 6.15. The lowest BCUT2D eigenvalue weighted by Gasteiger charge is -2.46. The van der Waals surface area contributed by atoms with Crippen molar-refractivity contribution in [2.24, 2.45) is 0 Å². The fourth-order valence-electron chi connectivity index (χ4n) is 6.15. The highest BCUT2D eigenvalue weighted by Crippen LogP contribution is 2.45. The van der Waals surface area contributed by atoms with Gasteiger partial charge in [-0.2, -0.15) is 0 Å². The Morgan fingerprint density at radius 1 is 0.520 bits per heavy atom. The first-order valence-corrected chi connectivity index (χ1v) is 16.8. The summed E-state index contributed by atoms with van der Waals surface area (Å²) in [5.74, 6) is 0.831. The molecule has 1 saturated heterocycles. The number of ether oxygens (including phenoxy) is 7. The van der Waals surface area contributed by atoms with Crippen molar-refractivity contribution in [1.29, 1.82) is 0 Å². The van der Waals surface area contributed by atoms with Crippen molar-refractivity contribution < 1.29 is 38.3 Å². The van der Waals surface area contributed by atoms with Gasteiger partial charge in [-0.3, -0.25) is 0 Å². The average Bonchev–Trinajstić information content (AvgIpc) is 3.17. The quantitative estimate of drug-likeness (QED) is 0.113. The van der Waals surface area contributed by atoms with Crippen molar-refractivity contribution >= 4 is 0 Å². The number of phenols is 1. The molecule has 0 unspecified atom stereocenters. The summed E-state index contributed by atoms with van der Waals surface area (Å²) in [5, 5.41) is 11.4. The zero-order valence-corrected chi connectivity index (χ0v) is 28.4. The Bertz CT molecular complexity index is 1720. The normalized spacial score (nSPS) is 20.3. The van der Waals surface area contributed by atoms with E-state index in [1.165, 1.54) is 13.2 Å². The van der Waals surface area contributed by atoms with Gasteiger partial charge in [0, 0.05) is 11.6 Å². The molecule has 0 bridgehead atoms. The second-order valence-corrected chi connectivity index (χ2v) is 12.1. The van der Waals surface area contributed by atoms with Crippen LogP contribution < -0.4 is 9.47 Å². The summed E-state index contributed by atoms with van der Waals surface area (Å²) in [6.45, 7) is 1.51. The molecule has 0 aliphatic carbocycles. The van der Waals surface area contributed by atoms with Crippen molar-refractivity contribution in [3.8, 4) is 17.2 Å². The zero-order chi connectivity index (χ0) is 34.5. The molecule has 1 N–H and O–H groups in total.